The van der Waals surface area contributed by atoms with Gasteiger partial charge in [-0.15, -0.1) is 0 Å². The van der Waals surface area contributed by atoms with Crippen molar-refractivity contribution < 1.29 is 0 Å². The van der Waals surface area contributed by atoms with E-state index in [4.69, 9.17) is 18.0 Å². The Morgan fingerprint density at radius 2 is 1.65 bits per heavy atom. The molecule has 3 heteroatoms. The first kappa shape index (κ1) is 12.4. The Morgan fingerprint density at radius 1 is 1.06 bits per heavy atom. The quantitative estimate of drug-likeness (QED) is 0.635. The van der Waals surface area contributed by atoms with Crippen molar-refractivity contribution in [3.05, 3.63) is 29.8 Å². The zero-order valence-corrected chi connectivity index (χ0v) is 10.9. The highest BCUT2D eigenvalue weighted by Gasteiger charge is 2.11. The van der Waals surface area contributed by atoms with E-state index >= 15 is 0 Å². The standard InChI is InChI=1S/C14H20N2S/c15-14(17)11-7-9-13(10-8-11)16-12-5-3-1-2-4-6-12/h7-10,12,16H,1-6H2,(H2,15,17). The van der Waals surface area contributed by atoms with Crippen molar-refractivity contribution in [2.75, 3.05) is 5.32 Å². The minimum Gasteiger partial charge on any atom is -0.389 e. The summed E-state index contributed by atoms with van der Waals surface area (Å²) >= 11 is 4.94. The van der Waals surface area contributed by atoms with Gasteiger partial charge in [0.15, 0.2) is 0 Å². The molecular formula is C14H20N2S. The number of hydrogen-bond donors (Lipinski definition) is 2. The zero-order valence-electron chi connectivity index (χ0n) is 10.1. The monoisotopic (exact) mass is 248 g/mol. The van der Waals surface area contributed by atoms with E-state index in [0.29, 0.717) is 11.0 Å². The number of thiocarbonyl (C=S) groups is 1. The van der Waals surface area contributed by atoms with Crippen LogP contribution in [0, 0.1) is 0 Å². The second-order valence-corrected chi connectivity index (χ2v) is 5.21. The smallest absolute Gasteiger partial charge is 0.103 e. The average molecular weight is 248 g/mol. The summed E-state index contributed by atoms with van der Waals surface area (Å²) in [6, 6.07) is 8.75. The molecule has 1 aliphatic carbocycles. The predicted octanol–water partition coefficient (Wildman–Crippen LogP) is 3.46. The summed E-state index contributed by atoms with van der Waals surface area (Å²) in [6.07, 6.45) is 8.05. The largest absolute Gasteiger partial charge is 0.389 e. The van der Waals surface area contributed by atoms with Crippen molar-refractivity contribution in [2.45, 2.75) is 44.6 Å². The van der Waals surface area contributed by atoms with Gasteiger partial charge in [0.05, 0.1) is 0 Å². The van der Waals surface area contributed by atoms with E-state index in [9.17, 15) is 0 Å². The van der Waals surface area contributed by atoms with Gasteiger partial charge in [0.1, 0.15) is 4.99 Å². The van der Waals surface area contributed by atoms with Crippen molar-refractivity contribution in [1.29, 1.82) is 0 Å². The van der Waals surface area contributed by atoms with Gasteiger partial charge in [-0.05, 0) is 37.1 Å². The van der Waals surface area contributed by atoms with Gasteiger partial charge in [-0.2, -0.15) is 0 Å². The molecule has 0 bridgehead atoms. The Bertz CT molecular complexity index is 364. The minimum absolute atomic E-state index is 0.464. The van der Waals surface area contributed by atoms with Gasteiger partial charge in [-0.3, -0.25) is 0 Å². The molecule has 3 N–H and O–H groups in total. The first-order valence-electron chi connectivity index (χ1n) is 6.42. The van der Waals surface area contributed by atoms with Crippen LogP contribution in [0.2, 0.25) is 0 Å². The van der Waals surface area contributed by atoms with Crippen LogP contribution in [-0.2, 0) is 0 Å². The van der Waals surface area contributed by atoms with Gasteiger partial charge in [-0.1, -0.05) is 37.9 Å². The summed E-state index contributed by atoms with van der Waals surface area (Å²) in [6.45, 7) is 0. The third-order valence-electron chi connectivity index (χ3n) is 3.40. The van der Waals surface area contributed by atoms with E-state index < -0.39 is 0 Å². The van der Waals surface area contributed by atoms with Crippen LogP contribution in [-0.4, -0.2) is 11.0 Å². The maximum Gasteiger partial charge on any atom is 0.103 e. The average Bonchev–Trinajstić information content (AvgIpc) is 2.58. The molecule has 2 nitrogen and oxygen atoms in total. The lowest BCUT2D eigenvalue weighted by Crippen LogP contribution is -2.18. The summed E-state index contributed by atoms with van der Waals surface area (Å²) in [4.78, 5) is 0.464. The van der Waals surface area contributed by atoms with E-state index in [1.807, 2.05) is 12.1 Å². The minimum atomic E-state index is 0.464. The Labute approximate surface area is 109 Å². The number of benzene rings is 1. The molecule has 0 saturated heterocycles. The number of nitrogens with two attached hydrogens (primary N) is 1. The van der Waals surface area contributed by atoms with Gasteiger partial charge in [0.25, 0.3) is 0 Å². The Hall–Kier alpha value is -1.09. The van der Waals surface area contributed by atoms with Crippen LogP contribution in [0.25, 0.3) is 0 Å². The molecule has 1 saturated carbocycles. The van der Waals surface area contributed by atoms with Crippen LogP contribution < -0.4 is 11.1 Å². The molecule has 0 radical (unpaired) electrons. The fourth-order valence-electron chi connectivity index (χ4n) is 2.39. The Kier molecular flexibility index (Phi) is 4.37. The van der Waals surface area contributed by atoms with Crippen molar-refractivity contribution in [3.8, 4) is 0 Å². The van der Waals surface area contributed by atoms with E-state index in [-0.39, 0.29) is 0 Å². The number of anilines is 1. The molecule has 0 atom stereocenters. The molecule has 1 aromatic carbocycles. The third kappa shape index (κ3) is 3.70. The summed E-state index contributed by atoms with van der Waals surface area (Å²) < 4.78 is 0. The molecule has 0 unspecified atom stereocenters. The molecule has 1 fully saturated rings. The van der Waals surface area contributed by atoms with Gasteiger partial charge in [0, 0.05) is 17.3 Å². The second kappa shape index (κ2) is 6.01. The molecule has 1 aliphatic rings. The molecule has 1 aromatic rings. The molecule has 0 aliphatic heterocycles. The Morgan fingerprint density at radius 3 is 2.18 bits per heavy atom. The molecule has 0 spiro atoms. The molecule has 0 aromatic heterocycles. The van der Waals surface area contributed by atoms with E-state index in [1.54, 1.807) is 0 Å². The maximum absolute atomic E-state index is 5.58. The number of hydrogen-bond acceptors (Lipinski definition) is 2. The van der Waals surface area contributed by atoms with Gasteiger partial charge in [-0.25, -0.2) is 0 Å². The highest BCUT2D eigenvalue weighted by molar-refractivity contribution is 7.80. The van der Waals surface area contributed by atoms with E-state index in [1.165, 1.54) is 44.2 Å². The van der Waals surface area contributed by atoms with Crippen molar-refractivity contribution >= 4 is 22.9 Å². The SMILES string of the molecule is NC(=S)c1ccc(NC2CCCCCC2)cc1. The van der Waals surface area contributed by atoms with Crippen molar-refractivity contribution in [3.63, 3.8) is 0 Å². The molecule has 0 heterocycles. The molecule has 0 amide bonds. The Balaban J connectivity index is 1.95. The van der Waals surface area contributed by atoms with Crippen molar-refractivity contribution in [1.82, 2.24) is 0 Å². The lowest BCUT2D eigenvalue weighted by molar-refractivity contribution is 0.620. The second-order valence-electron chi connectivity index (χ2n) is 4.77. The summed E-state index contributed by atoms with van der Waals surface area (Å²) in [5.74, 6) is 0. The van der Waals surface area contributed by atoms with Crippen LogP contribution in [0.4, 0.5) is 5.69 Å². The highest BCUT2D eigenvalue weighted by Crippen LogP contribution is 2.21. The van der Waals surface area contributed by atoms with Crippen LogP contribution in [0.3, 0.4) is 0 Å². The molecule has 2 rings (SSSR count). The van der Waals surface area contributed by atoms with E-state index in [0.717, 1.165) is 5.56 Å². The molecular weight excluding hydrogens is 228 g/mol. The molecule has 17 heavy (non-hydrogen) atoms. The fourth-order valence-corrected chi connectivity index (χ4v) is 2.53. The predicted molar refractivity (Wildman–Crippen MR) is 77.4 cm³/mol. The summed E-state index contributed by atoms with van der Waals surface area (Å²) in [5.41, 5.74) is 7.69. The van der Waals surface area contributed by atoms with Crippen LogP contribution >= 0.6 is 12.2 Å². The lowest BCUT2D eigenvalue weighted by atomic mass is 10.1. The first-order valence-corrected chi connectivity index (χ1v) is 6.83. The van der Waals surface area contributed by atoms with Gasteiger partial charge >= 0.3 is 0 Å². The van der Waals surface area contributed by atoms with Gasteiger partial charge < -0.3 is 11.1 Å². The first-order chi connectivity index (χ1) is 8.25. The normalized spacial score (nSPS) is 17.4. The van der Waals surface area contributed by atoms with Gasteiger partial charge in [0.2, 0.25) is 0 Å². The summed E-state index contributed by atoms with van der Waals surface area (Å²) in [7, 11) is 0. The van der Waals surface area contributed by atoms with Crippen LogP contribution in [0.5, 0.6) is 0 Å². The summed E-state index contributed by atoms with van der Waals surface area (Å²) in [5, 5.41) is 3.60. The third-order valence-corrected chi connectivity index (χ3v) is 3.63. The van der Waals surface area contributed by atoms with Crippen LogP contribution in [0.15, 0.2) is 24.3 Å². The van der Waals surface area contributed by atoms with Crippen LogP contribution in [0.1, 0.15) is 44.1 Å². The van der Waals surface area contributed by atoms with Crippen molar-refractivity contribution in [2.24, 2.45) is 5.73 Å². The van der Waals surface area contributed by atoms with E-state index in [2.05, 4.69) is 17.4 Å². The highest BCUT2D eigenvalue weighted by atomic mass is 32.1. The lowest BCUT2D eigenvalue weighted by Gasteiger charge is -2.17. The number of nitrogens with one attached hydrogen (secondary N) is 1. The fraction of sp³-hybridized carbons (Fsp3) is 0.500. The zero-order chi connectivity index (χ0) is 12.1. The number of rotatable bonds is 3. The topological polar surface area (TPSA) is 38.0 Å². The molecule has 92 valence electrons. The maximum atomic E-state index is 5.58.